The van der Waals surface area contributed by atoms with Crippen molar-refractivity contribution in [2.45, 2.75) is 40.3 Å². The number of carbonyl (C=O) groups excluding carboxylic acids is 2. The Labute approximate surface area is 308 Å². The number of aromatic nitrogens is 1. The third-order valence-electron chi connectivity index (χ3n) is 7.62. The predicted molar refractivity (Wildman–Crippen MR) is 194 cm³/mol. The highest BCUT2D eigenvalue weighted by atomic mass is 35.5. The van der Waals surface area contributed by atoms with Crippen LogP contribution in [0.25, 0.3) is 6.08 Å². The summed E-state index contributed by atoms with van der Waals surface area (Å²) >= 11 is 13.4. The Hall–Kier alpha value is -4.78. The number of rotatable bonds is 14. The summed E-state index contributed by atoms with van der Waals surface area (Å²) in [5.74, 6) is 0.473. The molecule has 0 unspecified atom stereocenters. The number of hydrogen-bond donors (Lipinski definition) is 0. The second kappa shape index (κ2) is 17.0. The summed E-state index contributed by atoms with van der Waals surface area (Å²) < 4.78 is 35.4. The molecule has 4 aromatic rings. The van der Waals surface area contributed by atoms with E-state index in [0.717, 1.165) is 5.56 Å². The number of ether oxygens (including phenoxy) is 6. The van der Waals surface area contributed by atoms with E-state index in [2.05, 4.69) is 9.73 Å². The molecule has 0 N–H and O–H groups in total. The van der Waals surface area contributed by atoms with Gasteiger partial charge in [0.1, 0.15) is 6.61 Å². The van der Waals surface area contributed by atoms with Crippen LogP contribution in [0.2, 0.25) is 10.0 Å². The first-order valence-electron chi connectivity index (χ1n) is 16.1. The van der Waals surface area contributed by atoms with Crippen LogP contribution in [-0.2, 0) is 25.7 Å². The van der Waals surface area contributed by atoms with Gasteiger partial charge in [-0.1, -0.05) is 52.7 Å². The Morgan fingerprint density at radius 2 is 1.57 bits per heavy atom. The number of allylic oxidation sites excluding steroid dienone is 1. The molecule has 2 heterocycles. The minimum Gasteiger partial charge on any atom is -0.490 e. The molecule has 0 spiro atoms. The zero-order valence-electron chi connectivity index (χ0n) is 28.6. The lowest BCUT2D eigenvalue weighted by atomic mass is 9.95. The van der Waals surface area contributed by atoms with Gasteiger partial charge in [-0.05, 0) is 86.9 Å². The number of fused-ring (bicyclic) bond motifs is 1. The van der Waals surface area contributed by atoms with E-state index in [1.54, 1.807) is 69.3 Å². The molecule has 0 saturated carbocycles. The standard InChI is InChI=1S/C37H36Cl2N2O9S/c1-6-46-29-16-22(10-13-27(29)49-19-23-9-12-25(38)26(39)15-23)17-31-35(43)41-34(33(36(44)48-8-3)21(4)40-37(41)51-31)24-11-14-28(30(18-24)47-7-2)50-20-32(42)45-5/h9-18,34H,6-8,19-20H2,1-5H3/b31-17-/t34-/m1/s1. The summed E-state index contributed by atoms with van der Waals surface area (Å²) in [6.07, 6.45) is 1.74. The number of methoxy groups -OCH3 is 1. The topological polar surface area (TPSA) is 124 Å². The molecule has 1 atom stereocenters. The van der Waals surface area contributed by atoms with E-state index in [4.69, 9.17) is 46.9 Å². The first kappa shape index (κ1) is 37.5. The average molecular weight is 756 g/mol. The molecule has 0 saturated heterocycles. The maximum atomic E-state index is 14.2. The van der Waals surface area contributed by atoms with Gasteiger partial charge in [-0.2, -0.15) is 0 Å². The second-order valence-corrected chi connectivity index (χ2v) is 12.8. The molecule has 0 radical (unpaired) electrons. The Morgan fingerprint density at radius 1 is 0.863 bits per heavy atom. The summed E-state index contributed by atoms with van der Waals surface area (Å²) in [7, 11) is 1.27. The van der Waals surface area contributed by atoms with Gasteiger partial charge in [-0.3, -0.25) is 9.36 Å². The molecule has 5 rings (SSSR count). The van der Waals surface area contributed by atoms with Crippen LogP contribution in [0.15, 0.2) is 75.7 Å². The van der Waals surface area contributed by atoms with Crippen molar-refractivity contribution in [2.75, 3.05) is 33.5 Å². The molecule has 1 aliphatic rings. The zero-order chi connectivity index (χ0) is 36.7. The van der Waals surface area contributed by atoms with Crippen molar-refractivity contribution in [3.8, 4) is 23.0 Å². The fraction of sp³-hybridized carbons (Fsp3) is 0.297. The summed E-state index contributed by atoms with van der Waals surface area (Å²) in [6, 6.07) is 14.8. The van der Waals surface area contributed by atoms with Gasteiger partial charge in [0.2, 0.25) is 0 Å². The van der Waals surface area contributed by atoms with E-state index in [1.807, 2.05) is 19.1 Å². The van der Waals surface area contributed by atoms with Crippen molar-refractivity contribution in [3.63, 3.8) is 0 Å². The molecular weight excluding hydrogens is 719 g/mol. The molecule has 1 aliphatic heterocycles. The van der Waals surface area contributed by atoms with Gasteiger partial charge in [0.05, 0.1) is 58.8 Å². The molecule has 3 aromatic carbocycles. The van der Waals surface area contributed by atoms with Crippen molar-refractivity contribution < 1.29 is 38.0 Å². The molecule has 0 bridgehead atoms. The predicted octanol–water partition coefficient (Wildman–Crippen LogP) is 6.03. The number of esters is 2. The first-order valence-corrected chi connectivity index (χ1v) is 17.6. The minimum absolute atomic E-state index is 0.132. The minimum atomic E-state index is -0.896. The van der Waals surface area contributed by atoms with E-state index >= 15 is 0 Å². The Morgan fingerprint density at radius 3 is 2.25 bits per heavy atom. The van der Waals surface area contributed by atoms with Gasteiger partial charge in [0, 0.05) is 0 Å². The van der Waals surface area contributed by atoms with Crippen molar-refractivity contribution in [2.24, 2.45) is 4.99 Å². The number of halogens is 2. The summed E-state index contributed by atoms with van der Waals surface area (Å²) in [5, 5.41) is 0.890. The van der Waals surface area contributed by atoms with Crippen molar-refractivity contribution in [3.05, 3.63) is 112 Å². The Bertz CT molecular complexity index is 2160. The molecule has 268 valence electrons. The van der Waals surface area contributed by atoms with Crippen LogP contribution >= 0.6 is 34.5 Å². The van der Waals surface area contributed by atoms with Crippen LogP contribution in [0, 0.1) is 0 Å². The maximum Gasteiger partial charge on any atom is 0.343 e. The number of carbonyl (C=O) groups is 2. The molecule has 0 amide bonds. The maximum absolute atomic E-state index is 14.2. The number of nitrogens with zero attached hydrogens (tertiary/aromatic N) is 2. The van der Waals surface area contributed by atoms with E-state index < -0.39 is 18.0 Å². The van der Waals surface area contributed by atoms with Gasteiger partial charge in [0.25, 0.3) is 5.56 Å². The highest BCUT2D eigenvalue weighted by Gasteiger charge is 2.34. The largest absolute Gasteiger partial charge is 0.490 e. The van der Waals surface area contributed by atoms with Crippen LogP contribution in [0.3, 0.4) is 0 Å². The smallest absolute Gasteiger partial charge is 0.343 e. The van der Waals surface area contributed by atoms with E-state index in [0.29, 0.717) is 72.4 Å². The lowest BCUT2D eigenvalue weighted by molar-refractivity contribution is -0.143. The van der Waals surface area contributed by atoms with Crippen LogP contribution in [-0.4, -0.2) is 50.0 Å². The van der Waals surface area contributed by atoms with Crippen LogP contribution in [0.5, 0.6) is 23.0 Å². The van der Waals surface area contributed by atoms with Gasteiger partial charge < -0.3 is 28.4 Å². The summed E-state index contributed by atoms with van der Waals surface area (Å²) in [6.45, 7) is 7.81. The fourth-order valence-electron chi connectivity index (χ4n) is 5.33. The molecule has 51 heavy (non-hydrogen) atoms. The highest BCUT2D eigenvalue weighted by Crippen LogP contribution is 2.37. The summed E-state index contributed by atoms with van der Waals surface area (Å²) in [5.41, 5.74) is 2.34. The van der Waals surface area contributed by atoms with Crippen molar-refractivity contribution >= 4 is 52.6 Å². The molecule has 14 heteroatoms. The molecule has 0 fully saturated rings. The van der Waals surface area contributed by atoms with Crippen LogP contribution in [0.4, 0.5) is 0 Å². The fourth-order valence-corrected chi connectivity index (χ4v) is 6.70. The number of hydrogen-bond acceptors (Lipinski definition) is 11. The molecule has 11 nitrogen and oxygen atoms in total. The zero-order valence-corrected chi connectivity index (χ0v) is 30.9. The molecule has 0 aliphatic carbocycles. The number of benzene rings is 3. The summed E-state index contributed by atoms with van der Waals surface area (Å²) in [4.78, 5) is 44.4. The first-order chi connectivity index (χ1) is 24.6. The highest BCUT2D eigenvalue weighted by molar-refractivity contribution is 7.07. The Balaban J connectivity index is 1.56. The molecular formula is C37H36Cl2N2O9S. The van der Waals surface area contributed by atoms with E-state index in [-0.39, 0.29) is 31.0 Å². The van der Waals surface area contributed by atoms with Crippen LogP contribution < -0.4 is 33.8 Å². The average Bonchev–Trinajstić information content (AvgIpc) is 3.41. The third kappa shape index (κ3) is 8.58. The third-order valence-corrected chi connectivity index (χ3v) is 9.34. The Kier molecular flexibility index (Phi) is 12.5. The normalized spacial score (nSPS) is 14.0. The SMILES string of the molecule is CCOC(=O)C1=C(C)N=c2s/c(=C\c3ccc(OCc4ccc(Cl)c(Cl)c4)c(OCC)c3)c(=O)n2[C@@H]1c1ccc(OCC(=O)OC)c(OCC)c1. The lowest BCUT2D eigenvalue weighted by Crippen LogP contribution is -2.40. The van der Waals surface area contributed by atoms with Gasteiger partial charge >= 0.3 is 11.9 Å². The van der Waals surface area contributed by atoms with E-state index in [9.17, 15) is 14.4 Å². The van der Waals surface area contributed by atoms with Gasteiger partial charge in [-0.25, -0.2) is 14.6 Å². The number of thiazole rings is 1. The van der Waals surface area contributed by atoms with Crippen molar-refractivity contribution in [1.82, 2.24) is 4.57 Å². The van der Waals surface area contributed by atoms with Gasteiger partial charge in [-0.15, -0.1) is 0 Å². The lowest BCUT2D eigenvalue weighted by Gasteiger charge is -2.25. The second-order valence-electron chi connectivity index (χ2n) is 11.0. The van der Waals surface area contributed by atoms with Crippen molar-refractivity contribution in [1.29, 1.82) is 0 Å². The van der Waals surface area contributed by atoms with E-state index in [1.165, 1.54) is 23.0 Å². The van der Waals surface area contributed by atoms with Gasteiger partial charge in [0.15, 0.2) is 34.4 Å². The quantitative estimate of drug-likeness (QED) is 0.142. The molecule has 1 aromatic heterocycles. The van der Waals surface area contributed by atoms with Crippen LogP contribution in [0.1, 0.15) is 50.4 Å². The monoisotopic (exact) mass is 754 g/mol.